The third-order valence-corrected chi connectivity index (χ3v) is 2.51. The topological polar surface area (TPSA) is 52.6 Å². The third-order valence-electron chi connectivity index (χ3n) is 2.51. The van der Waals surface area contributed by atoms with E-state index in [0.717, 1.165) is 0 Å². The fourth-order valence-corrected chi connectivity index (χ4v) is 1.08. The van der Waals surface area contributed by atoms with Crippen LogP contribution in [0.3, 0.4) is 0 Å². The van der Waals surface area contributed by atoms with Crippen LogP contribution in [0.25, 0.3) is 0 Å². The molecule has 0 fully saturated rings. The van der Waals surface area contributed by atoms with Crippen molar-refractivity contribution in [1.82, 2.24) is 0 Å². The van der Waals surface area contributed by atoms with Gasteiger partial charge >= 0.3 is 36.1 Å². The zero-order chi connectivity index (χ0) is 20.8. The van der Waals surface area contributed by atoms with Crippen LogP contribution >= 0.6 is 0 Å². The van der Waals surface area contributed by atoms with Crippen molar-refractivity contribution in [2.45, 2.75) is 37.0 Å². The molecule has 0 aliphatic heterocycles. The lowest BCUT2D eigenvalue weighted by molar-refractivity contribution is -0.286. The molecule has 4 nitrogen and oxygen atoms in total. The number of alkyl halides is 10. The van der Waals surface area contributed by atoms with E-state index in [-0.39, 0.29) is 12.2 Å². The molecule has 0 aliphatic rings. The standard InChI is InChI=1S/C12H10F10O4/c13-9(14,11(17,18)19)3-5-25-7(23)1-2-8(24)26-6-4-10(15,16)12(20,21)22/h1-2H,3-6H2/b2-1+. The molecule has 14 heteroatoms. The first kappa shape index (κ1) is 24.0. The first-order valence-corrected chi connectivity index (χ1v) is 6.40. The second kappa shape index (κ2) is 8.58. The lowest BCUT2D eigenvalue weighted by Gasteiger charge is -2.19. The van der Waals surface area contributed by atoms with Crippen LogP contribution in [0.5, 0.6) is 0 Å². The average molecular weight is 408 g/mol. The minimum atomic E-state index is -5.85. The third kappa shape index (κ3) is 7.91. The molecule has 0 saturated heterocycles. The van der Waals surface area contributed by atoms with Gasteiger partial charge in [0, 0.05) is 12.2 Å². The number of ether oxygens (including phenoxy) is 2. The number of hydrogen-bond acceptors (Lipinski definition) is 4. The number of hydrogen-bond donors (Lipinski definition) is 0. The Kier molecular flexibility index (Phi) is 7.91. The molecule has 0 rings (SSSR count). The van der Waals surface area contributed by atoms with Crippen LogP contribution in [-0.4, -0.2) is 49.4 Å². The molecule has 26 heavy (non-hydrogen) atoms. The summed E-state index contributed by atoms with van der Waals surface area (Å²) in [4.78, 5) is 21.9. The maximum atomic E-state index is 12.5. The minimum absolute atomic E-state index is 0.204. The molecule has 0 saturated carbocycles. The highest BCUT2D eigenvalue weighted by atomic mass is 19.4. The summed E-state index contributed by atoms with van der Waals surface area (Å²) in [6.45, 7) is -2.72. The van der Waals surface area contributed by atoms with Crippen molar-refractivity contribution in [3.05, 3.63) is 12.2 Å². The van der Waals surface area contributed by atoms with E-state index in [0.29, 0.717) is 0 Å². The molecule has 0 heterocycles. The van der Waals surface area contributed by atoms with Crippen molar-refractivity contribution in [3.63, 3.8) is 0 Å². The van der Waals surface area contributed by atoms with Crippen LogP contribution < -0.4 is 0 Å². The molecule has 0 aliphatic carbocycles. The summed E-state index contributed by atoms with van der Waals surface area (Å²) in [5, 5.41) is 0. The van der Waals surface area contributed by atoms with Crippen molar-refractivity contribution < 1.29 is 63.0 Å². The predicted octanol–water partition coefficient (Wildman–Crippen LogP) is 3.80. The first-order chi connectivity index (χ1) is 11.5. The van der Waals surface area contributed by atoms with Crippen LogP contribution in [0.1, 0.15) is 12.8 Å². The number of halogens is 10. The Balaban J connectivity index is 4.24. The Morgan fingerprint density at radius 3 is 1.12 bits per heavy atom. The SMILES string of the molecule is O=C(/C=C/C(=O)OCCC(F)(F)C(F)(F)F)OCCC(F)(F)C(F)(F)F. The molecule has 0 unspecified atom stereocenters. The van der Waals surface area contributed by atoms with Crippen molar-refractivity contribution in [3.8, 4) is 0 Å². The molecule has 152 valence electrons. The summed E-state index contributed by atoms with van der Waals surface area (Å²) in [5.74, 6) is -13.3. The van der Waals surface area contributed by atoms with E-state index in [1.807, 2.05) is 0 Å². The van der Waals surface area contributed by atoms with Gasteiger partial charge in [-0.2, -0.15) is 43.9 Å². The van der Waals surface area contributed by atoms with Crippen molar-refractivity contribution in [1.29, 1.82) is 0 Å². The van der Waals surface area contributed by atoms with Gasteiger partial charge in [0.05, 0.1) is 26.1 Å². The van der Waals surface area contributed by atoms with Crippen molar-refractivity contribution >= 4 is 11.9 Å². The molecule has 0 atom stereocenters. The monoisotopic (exact) mass is 408 g/mol. The van der Waals surface area contributed by atoms with Gasteiger partial charge in [0.15, 0.2) is 0 Å². The van der Waals surface area contributed by atoms with E-state index in [9.17, 15) is 53.5 Å². The highest BCUT2D eigenvalue weighted by molar-refractivity contribution is 5.91. The lowest BCUT2D eigenvalue weighted by Crippen LogP contribution is -2.37. The first-order valence-electron chi connectivity index (χ1n) is 6.40. The van der Waals surface area contributed by atoms with E-state index in [2.05, 4.69) is 9.47 Å². The second-order valence-corrected chi connectivity index (χ2v) is 4.57. The van der Waals surface area contributed by atoms with Gasteiger partial charge in [-0.3, -0.25) is 0 Å². The summed E-state index contributed by atoms with van der Waals surface area (Å²) < 4.78 is 129. The van der Waals surface area contributed by atoms with E-state index < -0.39 is 62.2 Å². The van der Waals surface area contributed by atoms with Gasteiger partial charge in [-0.05, 0) is 0 Å². The largest absolute Gasteiger partial charge is 0.462 e. The number of esters is 2. The Hall–Kier alpha value is -2.02. The summed E-state index contributed by atoms with van der Waals surface area (Å²) in [5.41, 5.74) is 0. The number of carbonyl (C=O) groups is 2. The van der Waals surface area contributed by atoms with Gasteiger partial charge in [-0.15, -0.1) is 0 Å². The molecular formula is C12H10F10O4. The predicted molar refractivity (Wildman–Crippen MR) is 62.3 cm³/mol. The fourth-order valence-electron chi connectivity index (χ4n) is 1.08. The number of rotatable bonds is 8. The average Bonchev–Trinajstić information content (AvgIpc) is 2.42. The summed E-state index contributed by atoms with van der Waals surface area (Å²) in [6, 6.07) is 0. The Labute approximate surface area is 138 Å². The van der Waals surface area contributed by atoms with Gasteiger partial charge in [0.1, 0.15) is 0 Å². The van der Waals surface area contributed by atoms with Crippen molar-refractivity contribution in [2.75, 3.05) is 13.2 Å². The van der Waals surface area contributed by atoms with E-state index in [4.69, 9.17) is 0 Å². The van der Waals surface area contributed by atoms with E-state index in [1.54, 1.807) is 0 Å². The summed E-state index contributed by atoms with van der Waals surface area (Å²) >= 11 is 0. The van der Waals surface area contributed by atoms with E-state index in [1.165, 1.54) is 0 Å². The lowest BCUT2D eigenvalue weighted by atomic mass is 10.2. The Morgan fingerprint density at radius 1 is 0.615 bits per heavy atom. The summed E-state index contributed by atoms with van der Waals surface area (Å²) in [7, 11) is 0. The molecule has 0 spiro atoms. The van der Waals surface area contributed by atoms with Crippen LogP contribution in [0.4, 0.5) is 43.9 Å². The highest BCUT2D eigenvalue weighted by Crippen LogP contribution is 2.38. The van der Waals surface area contributed by atoms with Gasteiger partial charge < -0.3 is 9.47 Å². The van der Waals surface area contributed by atoms with Gasteiger partial charge in [-0.25, -0.2) is 9.59 Å². The van der Waals surface area contributed by atoms with Crippen LogP contribution in [-0.2, 0) is 19.1 Å². The maximum Gasteiger partial charge on any atom is 0.453 e. The molecule has 0 bridgehead atoms. The molecule has 0 amide bonds. The number of carbonyl (C=O) groups excluding carboxylic acids is 2. The smallest absolute Gasteiger partial charge is 0.453 e. The molecule has 0 radical (unpaired) electrons. The Morgan fingerprint density at radius 2 is 0.885 bits per heavy atom. The second-order valence-electron chi connectivity index (χ2n) is 4.57. The zero-order valence-corrected chi connectivity index (χ0v) is 12.4. The zero-order valence-electron chi connectivity index (χ0n) is 12.4. The molecule has 0 N–H and O–H groups in total. The van der Waals surface area contributed by atoms with E-state index >= 15 is 0 Å². The normalized spacial score (nSPS) is 13.8. The van der Waals surface area contributed by atoms with Gasteiger partial charge in [0.25, 0.3) is 0 Å². The maximum absolute atomic E-state index is 12.5. The molecule has 0 aromatic carbocycles. The van der Waals surface area contributed by atoms with Gasteiger partial charge in [-0.1, -0.05) is 0 Å². The Bertz CT molecular complexity index is 475. The molecular weight excluding hydrogens is 398 g/mol. The van der Waals surface area contributed by atoms with Gasteiger partial charge in [0.2, 0.25) is 0 Å². The fraction of sp³-hybridized carbons (Fsp3) is 0.667. The quantitative estimate of drug-likeness (QED) is 0.348. The van der Waals surface area contributed by atoms with Crippen molar-refractivity contribution in [2.24, 2.45) is 0 Å². The minimum Gasteiger partial charge on any atom is -0.462 e. The molecule has 0 aromatic rings. The summed E-state index contributed by atoms with van der Waals surface area (Å²) in [6.07, 6.45) is -15.1. The molecule has 0 aromatic heterocycles. The van der Waals surface area contributed by atoms with Crippen LogP contribution in [0, 0.1) is 0 Å². The van der Waals surface area contributed by atoms with Crippen LogP contribution in [0.15, 0.2) is 12.2 Å². The van der Waals surface area contributed by atoms with Crippen LogP contribution in [0.2, 0.25) is 0 Å². The highest BCUT2D eigenvalue weighted by Gasteiger charge is 2.57.